The molecule has 1 fully saturated rings. The maximum atomic E-state index is 17.3. The lowest BCUT2D eigenvalue weighted by Gasteiger charge is -2.47. The molecular weight excluding hydrogens is 711 g/mol. The molecule has 0 aliphatic carbocycles. The van der Waals surface area contributed by atoms with Crippen LogP contribution in [-0.4, -0.2) is 101 Å². The van der Waals surface area contributed by atoms with Crippen LogP contribution >= 0.6 is 11.6 Å². The molecule has 2 aromatic carbocycles. The summed E-state index contributed by atoms with van der Waals surface area (Å²) >= 11 is 6.92. The molecule has 284 valence electrons. The molecule has 4 aliphatic rings. The first-order valence-electron chi connectivity index (χ1n) is 18.2. The number of carbonyl (C=O) groups is 2. The highest BCUT2D eigenvalue weighted by molar-refractivity contribution is 7.90. The molecule has 2 aromatic rings. The Balaban J connectivity index is 1.63. The van der Waals surface area contributed by atoms with Crippen molar-refractivity contribution < 1.29 is 36.6 Å². The van der Waals surface area contributed by atoms with Crippen LogP contribution in [-0.2, 0) is 42.9 Å². The molecule has 11 nitrogen and oxygen atoms in total. The molecule has 2 amide bonds. The van der Waals surface area contributed by atoms with Crippen molar-refractivity contribution >= 4 is 39.1 Å². The predicted molar refractivity (Wildman–Crippen MR) is 198 cm³/mol. The lowest BCUT2D eigenvalue weighted by molar-refractivity contribution is -0.139. The quantitative estimate of drug-likeness (QED) is 0.407. The molecule has 4 atom stereocenters. The van der Waals surface area contributed by atoms with E-state index in [4.69, 9.17) is 25.8 Å². The molecule has 0 unspecified atom stereocenters. The number of sulfonamides is 1. The van der Waals surface area contributed by atoms with Crippen LogP contribution in [0.5, 0.6) is 5.75 Å². The second-order valence-corrected chi connectivity index (χ2v) is 16.9. The van der Waals surface area contributed by atoms with Gasteiger partial charge in [-0.1, -0.05) is 24.6 Å². The Bertz CT molecular complexity index is 1800. The van der Waals surface area contributed by atoms with Crippen molar-refractivity contribution in [1.29, 1.82) is 0 Å². The van der Waals surface area contributed by atoms with E-state index < -0.39 is 50.4 Å². The van der Waals surface area contributed by atoms with E-state index in [-0.39, 0.29) is 44.9 Å². The molecule has 1 N–H and O–H groups in total. The van der Waals surface area contributed by atoms with Crippen molar-refractivity contribution in [1.82, 2.24) is 14.5 Å². The fraction of sp³-hybridized carbons (Fsp3) is 0.579. The van der Waals surface area contributed by atoms with Gasteiger partial charge in [-0.05, 0) is 98.4 Å². The van der Waals surface area contributed by atoms with Crippen LogP contribution in [0.1, 0.15) is 73.0 Å². The van der Waals surface area contributed by atoms with E-state index >= 15 is 4.39 Å². The van der Waals surface area contributed by atoms with Crippen LogP contribution in [0.4, 0.5) is 10.1 Å². The van der Waals surface area contributed by atoms with Crippen molar-refractivity contribution in [2.24, 2.45) is 5.92 Å². The number of amides is 2. The Morgan fingerprint density at radius 2 is 1.85 bits per heavy atom. The summed E-state index contributed by atoms with van der Waals surface area (Å²) in [7, 11) is -1.04. The third kappa shape index (κ3) is 7.57. The smallest absolute Gasteiger partial charge is 0.264 e. The largest absolute Gasteiger partial charge is 0.487 e. The first kappa shape index (κ1) is 38.5. The van der Waals surface area contributed by atoms with Gasteiger partial charge in [0.15, 0.2) is 0 Å². The minimum absolute atomic E-state index is 0.0221. The van der Waals surface area contributed by atoms with Gasteiger partial charge in [0.05, 0.1) is 29.7 Å². The molecule has 52 heavy (non-hydrogen) atoms. The minimum atomic E-state index is -4.15. The number of fused-ring (bicyclic) bond motifs is 1. The van der Waals surface area contributed by atoms with Gasteiger partial charge < -0.3 is 24.0 Å². The van der Waals surface area contributed by atoms with E-state index in [1.54, 1.807) is 44.2 Å². The highest BCUT2D eigenvalue weighted by Crippen LogP contribution is 2.49. The van der Waals surface area contributed by atoms with Crippen LogP contribution in [0.2, 0.25) is 5.02 Å². The average molecular weight is 761 g/mol. The molecule has 6 rings (SSSR count). The van der Waals surface area contributed by atoms with Crippen LogP contribution in [0.15, 0.2) is 42.2 Å². The second kappa shape index (κ2) is 16.0. The zero-order chi connectivity index (χ0) is 37.2. The van der Waals surface area contributed by atoms with Crippen LogP contribution in [0.25, 0.3) is 0 Å². The van der Waals surface area contributed by atoms with E-state index in [1.807, 2.05) is 17.0 Å². The summed E-state index contributed by atoms with van der Waals surface area (Å²) in [5.74, 6) is -1.87. The Labute approximate surface area is 311 Å². The standard InChI is InChI=1S/C38H50ClFN4O7S/c1-25-9-11-32(40)35(37(46)42(16-18-49-3)17-19-50-4)44-15-7-13-38(44)24-43-14-6-5-8-27-20-29(39)22-31(38)30(27)23-51-34-12-10-28(21-33(34)43)36(45)41-52(47,48)26(25)2/h10-12,20-22,25-26,35H,5-9,13-19,23-24H2,1-4H3,(H,41,45)/b32-11-/t25-,26+,35+,38-/m0/s1. The third-order valence-electron chi connectivity index (χ3n) is 11.3. The Kier molecular flexibility index (Phi) is 11.9. The van der Waals surface area contributed by atoms with Gasteiger partial charge in [-0.25, -0.2) is 17.5 Å². The molecule has 7 bridgehead atoms. The fourth-order valence-electron chi connectivity index (χ4n) is 8.22. The molecule has 1 saturated heterocycles. The number of rotatable bonds is 7. The number of methoxy groups -OCH3 is 2. The normalized spacial score (nSPS) is 27.2. The topological polar surface area (TPSA) is 118 Å². The maximum absolute atomic E-state index is 17.3. The number of hydrogen-bond donors (Lipinski definition) is 1. The van der Waals surface area contributed by atoms with Crippen LogP contribution in [0, 0.1) is 5.92 Å². The molecule has 14 heteroatoms. The highest BCUT2D eigenvalue weighted by atomic mass is 35.5. The molecule has 0 radical (unpaired) electrons. The molecular formula is C38H50ClFN4O7S. The maximum Gasteiger partial charge on any atom is 0.264 e. The summed E-state index contributed by atoms with van der Waals surface area (Å²) in [6.07, 6.45) is 5.11. The van der Waals surface area contributed by atoms with Crippen molar-refractivity contribution in [2.45, 2.75) is 75.8 Å². The number of nitrogens with zero attached hydrogens (tertiary/aromatic N) is 3. The van der Waals surface area contributed by atoms with E-state index in [0.29, 0.717) is 48.9 Å². The highest BCUT2D eigenvalue weighted by Gasteiger charge is 2.52. The monoisotopic (exact) mass is 760 g/mol. The summed E-state index contributed by atoms with van der Waals surface area (Å²) in [5, 5.41) is -0.478. The number of nitrogens with one attached hydrogen (secondary N) is 1. The van der Waals surface area contributed by atoms with Crippen molar-refractivity contribution in [2.75, 3.05) is 65.1 Å². The molecule has 0 saturated carbocycles. The summed E-state index contributed by atoms with van der Waals surface area (Å²) in [6, 6.07) is 7.61. The van der Waals surface area contributed by atoms with Crippen molar-refractivity contribution in [3.63, 3.8) is 0 Å². The number of halogens is 2. The second-order valence-electron chi connectivity index (χ2n) is 14.5. The van der Waals surface area contributed by atoms with E-state index in [0.717, 1.165) is 36.0 Å². The number of aryl methyl sites for hydroxylation is 1. The predicted octanol–water partition coefficient (Wildman–Crippen LogP) is 5.20. The number of hydrogen-bond acceptors (Lipinski definition) is 9. The molecule has 0 aromatic heterocycles. The zero-order valence-corrected chi connectivity index (χ0v) is 32.0. The van der Waals surface area contributed by atoms with Crippen molar-refractivity contribution in [3.05, 3.63) is 69.5 Å². The third-order valence-corrected chi connectivity index (χ3v) is 13.4. The number of benzene rings is 2. The van der Waals surface area contributed by atoms with Crippen LogP contribution in [0.3, 0.4) is 0 Å². The summed E-state index contributed by atoms with van der Waals surface area (Å²) in [6.45, 7) is 5.72. The van der Waals surface area contributed by atoms with E-state index in [9.17, 15) is 18.0 Å². The SMILES string of the molecule is COCCN(CCOC)C(=O)[C@H]1/C(F)=C/C[C@H](C)[C@@H](C)S(=O)(=O)NC(=O)c2ccc3c(c2)N2CCCCc4cc(Cl)cc(c4CO3)[C@]3(CCCN13)C2. The molecule has 4 heterocycles. The lowest BCUT2D eigenvalue weighted by Crippen LogP contribution is -2.59. The number of allylic oxidation sites excluding steroid dienone is 1. The molecule has 1 spiro atoms. The summed E-state index contributed by atoms with van der Waals surface area (Å²) in [5.41, 5.74) is 2.85. The fourth-order valence-corrected chi connectivity index (χ4v) is 9.74. The average Bonchev–Trinajstić information content (AvgIpc) is 3.53. The Morgan fingerprint density at radius 3 is 2.58 bits per heavy atom. The van der Waals surface area contributed by atoms with Gasteiger partial charge in [0.2, 0.25) is 15.9 Å². The first-order valence-corrected chi connectivity index (χ1v) is 20.1. The summed E-state index contributed by atoms with van der Waals surface area (Å²) in [4.78, 5) is 34.3. The number of carbonyl (C=O) groups excluding carboxylic acids is 2. The van der Waals surface area contributed by atoms with Gasteiger partial charge in [-0.2, -0.15) is 0 Å². The van der Waals surface area contributed by atoms with Crippen molar-refractivity contribution in [3.8, 4) is 5.75 Å². The zero-order valence-electron chi connectivity index (χ0n) is 30.5. The Hall–Kier alpha value is -3.23. The summed E-state index contributed by atoms with van der Waals surface area (Å²) < 4.78 is 63.9. The first-order chi connectivity index (χ1) is 24.9. The van der Waals surface area contributed by atoms with Gasteiger partial charge >= 0.3 is 0 Å². The van der Waals surface area contributed by atoms with Gasteiger partial charge in [0, 0.05) is 57.5 Å². The lowest BCUT2D eigenvalue weighted by atomic mass is 9.79. The van der Waals surface area contributed by atoms with Gasteiger partial charge in [0.25, 0.3) is 5.91 Å². The Morgan fingerprint density at radius 1 is 1.10 bits per heavy atom. The number of anilines is 1. The molecule has 4 aliphatic heterocycles. The van der Waals surface area contributed by atoms with E-state index in [2.05, 4.69) is 9.62 Å². The number of ether oxygens (including phenoxy) is 3. The van der Waals surface area contributed by atoms with Gasteiger partial charge in [0.1, 0.15) is 24.2 Å². The van der Waals surface area contributed by atoms with Gasteiger partial charge in [-0.15, -0.1) is 0 Å². The van der Waals surface area contributed by atoms with Crippen LogP contribution < -0.4 is 14.4 Å². The van der Waals surface area contributed by atoms with E-state index in [1.165, 1.54) is 13.0 Å². The van der Waals surface area contributed by atoms with Gasteiger partial charge in [-0.3, -0.25) is 14.5 Å². The minimum Gasteiger partial charge on any atom is -0.487 e.